The summed E-state index contributed by atoms with van der Waals surface area (Å²) in [6.45, 7) is 2.59. The van der Waals surface area contributed by atoms with Crippen LogP contribution in [0.5, 0.6) is 5.75 Å². The van der Waals surface area contributed by atoms with Gasteiger partial charge in [-0.1, -0.05) is 12.1 Å². The predicted molar refractivity (Wildman–Crippen MR) is 120 cm³/mol. The van der Waals surface area contributed by atoms with Crippen molar-refractivity contribution in [3.05, 3.63) is 46.5 Å². The van der Waals surface area contributed by atoms with Gasteiger partial charge in [-0.15, -0.1) is 23.1 Å². The highest BCUT2D eigenvalue weighted by Gasteiger charge is 2.27. The molecule has 3 aromatic rings. The van der Waals surface area contributed by atoms with E-state index in [2.05, 4.69) is 27.3 Å². The fourth-order valence-corrected chi connectivity index (χ4v) is 6.31. The van der Waals surface area contributed by atoms with E-state index in [9.17, 15) is 9.59 Å². The summed E-state index contributed by atoms with van der Waals surface area (Å²) in [5.41, 5.74) is 2.40. The van der Waals surface area contributed by atoms with Gasteiger partial charge >= 0.3 is 0 Å². The number of hydrogen-bond donors (Lipinski definition) is 1. The van der Waals surface area contributed by atoms with Gasteiger partial charge in [0.2, 0.25) is 5.91 Å². The molecule has 30 heavy (non-hydrogen) atoms. The number of thiophene rings is 1. The van der Waals surface area contributed by atoms with Crippen LogP contribution in [0.15, 0.2) is 39.6 Å². The highest BCUT2D eigenvalue weighted by atomic mass is 32.2. The molecule has 2 aliphatic rings. The smallest absolute Gasteiger partial charge is 0.271 e. The first-order valence-electron chi connectivity index (χ1n) is 9.96. The second kappa shape index (κ2) is 8.05. The average molecular weight is 443 g/mol. The minimum absolute atomic E-state index is 0.0491. The number of amides is 1. The summed E-state index contributed by atoms with van der Waals surface area (Å²) >= 11 is 2.89. The molecular formula is C21H22N4O3S2. The van der Waals surface area contributed by atoms with Crippen molar-refractivity contribution < 1.29 is 9.53 Å². The molecule has 0 unspecified atom stereocenters. The van der Waals surface area contributed by atoms with Crippen LogP contribution in [0.1, 0.15) is 24.4 Å². The van der Waals surface area contributed by atoms with Crippen molar-refractivity contribution in [1.82, 2.24) is 14.5 Å². The van der Waals surface area contributed by atoms with Gasteiger partial charge < -0.3 is 10.1 Å². The van der Waals surface area contributed by atoms with E-state index in [4.69, 9.17) is 4.74 Å². The maximum atomic E-state index is 13.3. The normalized spacial score (nSPS) is 17.7. The number of methoxy groups -OCH3 is 1. The van der Waals surface area contributed by atoms with Gasteiger partial charge in [0.1, 0.15) is 16.0 Å². The number of carbonyl (C=O) groups excluding carboxylic acids is 1. The molecular weight excluding hydrogens is 420 g/mol. The van der Waals surface area contributed by atoms with E-state index >= 15 is 0 Å². The zero-order valence-electron chi connectivity index (χ0n) is 16.6. The topological polar surface area (TPSA) is 76.5 Å². The number of ether oxygens (including phenoxy) is 1. The second-order valence-corrected chi connectivity index (χ2v) is 9.78. The molecule has 1 amide bonds. The van der Waals surface area contributed by atoms with Crippen LogP contribution in [0.4, 0.5) is 5.69 Å². The molecule has 5 rings (SSSR count). The minimum Gasteiger partial charge on any atom is -0.497 e. The number of hydrogen-bond acceptors (Lipinski definition) is 7. The predicted octanol–water partition coefficient (Wildman–Crippen LogP) is 3.35. The molecule has 2 aliphatic heterocycles. The largest absolute Gasteiger partial charge is 0.497 e. The van der Waals surface area contributed by atoms with Crippen molar-refractivity contribution in [2.45, 2.75) is 29.6 Å². The third kappa shape index (κ3) is 3.51. The van der Waals surface area contributed by atoms with Crippen LogP contribution >= 0.6 is 23.1 Å². The Morgan fingerprint density at radius 2 is 1.97 bits per heavy atom. The van der Waals surface area contributed by atoms with Crippen molar-refractivity contribution in [2.24, 2.45) is 0 Å². The number of carbonyl (C=O) groups is 1. The number of benzene rings is 1. The maximum absolute atomic E-state index is 13.3. The number of rotatable bonds is 5. The average Bonchev–Trinajstić information content (AvgIpc) is 3.42. The summed E-state index contributed by atoms with van der Waals surface area (Å²) in [4.78, 5) is 32.0. The standard InChI is InChI=1S/C21H22N4O3S2/c1-28-14-6-4-13(5-7-14)15(24-8-2-3-9-24)10-25-12-22-17-18-21(29-11-16(26)23-18)30-19(17)20(25)27/h4-7,12,15H,2-3,8-11H2,1H3,(H,23,26)/t15-/m0/s1. The van der Waals surface area contributed by atoms with Crippen molar-refractivity contribution >= 4 is 44.9 Å². The Bertz CT molecular complexity index is 1150. The second-order valence-electron chi connectivity index (χ2n) is 7.51. The summed E-state index contributed by atoms with van der Waals surface area (Å²) in [6.07, 6.45) is 3.97. The highest BCUT2D eigenvalue weighted by molar-refractivity contribution is 8.02. The van der Waals surface area contributed by atoms with E-state index in [1.165, 1.54) is 35.9 Å². The van der Waals surface area contributed by atoms with E-state index < -0.39 is 0 Å². The summed E-state index contributed by atoms with van der Waals surface area (Å²) in [5.74, 6) is 1.15. The molecule has 0 saturated carbocycles. The minimum atomic E-state index is -0.0493. The van der Waals surface area contributed by atoms with Gasteiger partial charge in [-0.05, 0) is 43.6 Å². The van der Waals surface area contributed by atoms with Crippen LogP contribution in [-0.2, 0) is 11.3 Å². The molecule has 2 aromatic heterocycles. The molecule has 0 radical (unpaired) electrons. The summed E-state index contributed by atoms with van der Waals surface area (Å²) < 4.78 is 8.57. The zero-order chi connectivity index (χ0) is 20.7. The number of thioether (sulfide) groups is 1. The molecule has 1 fully saturated rings. The number of nitrogens with one attached hydrogen (secondary N) is 1. The molecule has 0 spiro atoms. The lowest BCUT2D eigenvalue weighted by Crippen LogP contribution is -2.32. The van der Waals surface area contributed by atoms with E-state index in [0.717, 1.165) is 28.6 Å². The van der Waals surface area contributed by atoms with Crippen LogP contribution in [0.2, 0.25) is 0 Å². The lowest BCUT2D eigenvalue weighted by Gasteiger charge is -2.28. The van der Waals surface area contributed by atoms with E-state index in [1.54, 1.807) is 18.0 Å². The number of likely N-dealkylation sites (tertiary alicyclic amines) is 1. The van der Waals surface area contributed by atoms with Gasteiger partial charge in [0, 0.05) is 6.54 Å². The Morgan fingerprint density at radius 3 is 2.70 bits per heavy atom. The molecule has 0 bridgehead atoms. The maximum Gasteiger partial charge on any atom is 0.271 e. The van der Waals surface area contributed by atoms with Gasteiger partial charge in [0.05, 0.1) is 35.1 Å². The first-order chi connectivity index (χ1) is 14.6. The van der Waals surface area contributed by atoms with Crippen LogP contribution in [0, 0.1) is 0 Å². The SMILES string of the molecule is COc1ccc([C@H](Cn2cnc3c4c(sc3c2=O)SCC(=O)N4)N2CCCC2)cc1. The van der Waals surface area contributed by atoms with Gasteiger partial charge in [0.15, 0.2) is 0 Å². The molecule has 1 aromatic carbocycles. The molecule has 0 aliphatic carbocycles. The van der Waals surface area contributed by atoms with E-state index in [0.29, 0.717) is 28.2 Å². The highest BCUT2D eigenvalue weighted by Crippen LogP contribution is 2.42. The van der Waals surface area contributed by atoms with Crippen molar-refractivity contribution in [3.63, 3.8) is 0 Å². The van der Waals surface area contributed by atoms with Gasteiger partial charge in [-0.25, -0.2) is 4.98 Å². The number of fused-ring (bicyclic) bond motifs is 3. The molecule has 156 valence electrons. The van der Waals surface area contributed by atoms with Gasteiger partial charge in [0.25, 0.3) is 5.56 Å². The van der Waals surface area contributed by atoms with Crippen LogP contribution in [0.25, 0.3) is 10.2 Å². The fraction of sp³-hybridized carbons (Fsp3) is 0.381. The lowest BCUT2D eigenvalue weighted by atomic mass is 10.1. The van der Waals surface area contributed by atoms with Crippen LogP contribution < -0.4 is 15.6 Å². The number of nitrogens with zero attached hydrogens (tertiary/aromatic N) is 3. The van der Waals surface area contributed by atoms with Gasteiger partial charge in [-0.3, -0.25) is 19.1 Å². The Labute approximate surface area is 182 Å². The van der Waals surface area contributed by atoms with Crippen LogP contribution in [-0.4, -0.2) is 46.3 Å². The lowest BCUT2D eigenvalue weighted by molar-refractivity contribution is -0.113. The Morgan fingerprint density at radius 1 is 1.20 bits per heavy atom. The van der Waals surface area contributed by atoms with Crippen LogP contribution in [0.3, 0.4) is 0 Å². The Hall–Kier alpha value is -2.36. The van der Waals surface area contributed by atoms with E-state index in [1.807, 2.05) is 12.1 Å². The van der Waals surface area contributed by atoms with Crippen molar-refractivity contribution in [3.8, 4) is 5.75 Å². The van der Waals surface area contributed by atoms with E-state index in [-0.39, 0.29) is 17.5 Å². The summed E-state index contributed by atoms with van der Waals surface area (Å²) in [6, 6.07) is 8.19. The molecule has 1 saturated heterocycles. The quantitative estimate of drug-likeness (QED) is 0.653. The zero-order valence-corrected chi connectivity index (χ0v) is 18.2. The molecule has 7 nitrogen and oxygen atoms in total. The third-order valence-corrected chi connectivity index (χ3v) is 8.12. The number of anilines is 1. The molecule has 1 N–H and O–H groups in total. The van der Waals surface area contributed by atoms with Crippen molar-refractivity contribution in [2.75, 3.05) is 31.3 Å². The molecule has 4 heterocycles. The molecule has 1 atom stereocenters. The Balaban J connectivity index is 1.51. The summed E-state index contributed by atoms with van der Waals surface area (Å²) in [7, 11) is 1.66. The van der Waals surface area contributed by atoms with Gasteiger partial charge in [-0.2, -0.15) is 0 Å². The third-order valence-electron chi connectivity index (χ3n) is 5.68. The monoisotopic (exact) mass is 442 g/mol. The number of aromatic nitrogens is 2. The van der Waals surface area contributed by atoms with Crippen molar-refractivity contribution in [1.29, 1.82) is 0 Å². The molecule has 9 heteroatoms. The first-order valence-corrected chi connectivity index (χ1v) is 11.8. The fourth-order valence-electron chi connectivity index (χ4n) is 4.13. The first kappa shape index (κ1) is 19.6. The Kier molecular flexibility index (Phi) is 5.26. The summed E-state index contributed by atoms with van der Waals surface area (Å²) in [5, 5.41) is 2.87.